The number of carbonyl (C=O) groups is 1. The van der Waals surface area contributed by atoms with Gasteiger partial charge in [-0.2, -0.15) is 5.10 Å². The average Bonchev–Trinajstić information content (AvgIpc) is 3.19. The molecule has 0 aliphatic carbocycles. The van der Waals surface area contributed by atoms with Crippen LogP contribution in [0, 0.1) is 0 Å². The van der Waals surface area contributed by atoms with E-state index in [1.54, 1.807) is 37.8 Å². The van der Waals surface area contributed by atoms with E-state index < -0.39 is 0 Å². The van der Waals surface area contributed by atoms with Crippen molar-refractivity contribution in [3.8, 4) is 11.5 Å². The number of nitrogens with zero attached hydrogens (tertiary/aromatic N) is 2. The highest BCUT2D eigenvalue weighted by Gasteiger charge is 2.08. The molecule has 0 atom stereocenters. The van der Waals surface area contributed by atoms with Crippen LogP contribution >= 0.6 is 22.9 Å². The monoisotopic (exact) mass is 459 g/mol. The van der Waals surface area contributed by atoms with Crippen molar-refractivity contribution < 1.29 is 19.0 Å². The fourth-order valence-corrected chi connectivity index (χ4v) is 3.51. The van der Waals surface area contributed by atoms with Gasteiger partial charge in [0.2, 0.25) is 5.13 Å². The van der Waals surface area contributed by atoms with E-state index in [9.17, 15) is 4.79 Å². The van der Waals surface area contributed by atoms with Crippen LogP contribution < -0.4 is 14.9 Å². The molecule has 0 amide bonds. The molecular formula is C22H22ClN3O4S. The Bertz CT molecular complexity index is 1050. The number of rotatable bonds is 10. The van der Waals surface area contributed by atoms with Crippen molar-refractivity contribution in [1.82, 2.24) is 4.98 Å². The van der Waals surface area contributed by atoms with Crippen molar-refractivity contribution in [3.05, 3.63) is 69.7 Å². The topological polar surface area (TPSA) is 82.0 Å². The SMILES string of the molecule is CCOC(=O)Cc1csc(NN=Cc2ccc(OC)c(COc3cccc(Cl)c3)c2)n1. The van der Waals surface area contributed by atoms with Crippen LogP contribution in [0.2, 0.25) is 5.02 Å². The van der Waals surface area contributed by atoms with E-state index in [1.165, 1.54) is 11.3 Å². The average molecular weight is 460 g/mol. The van der Waals surface area contributed by atoms with Crippen LogP contribution in [0.15, 0.2) is 52.9 Å². The Hall–Kier alpha value is -3.10. The third-order valence-corrected chi connectivity index (χ3v) is 5.08. The second-order valence-corrected chi connectivity index (χ2v) is 7.61. The van der Waals surface area contributed by atoms with Crippen molar-refractivity contribution >= 4 is 40.3 Å². The van der Waals surface area contributed by atoms with Gasteiger partial charge in [0.05, 0.1) is 32.0 Å². The first-order chi connectivity index (χ1) is 15.1. The molecule has 1 aromatic heterocycles. The number of carbonyl (C=O) groups excluding carboxylic acids is 1. The number of aromatic nitrogens is 1. The quantitative estimate of drug-likeness (QED) is 0.263. The second kappa shape index (κ2) is 11.3. The van der Waals surface area contributed by atoms with Gasteiger partial charge < -0.3 is 14.2 Å². The second-order valence-electron chi connectivity index (χ2n) is 6.31. The molecule has 0 saturated heterocycles. The summed E-state index contributed by atoms with van der Waals surface area (Å²) in [6.07, 6.45) is 1.82. The van der Waals surface area contributed by atoms with E-state index in [0.717, 1.165) is 16.9 Å². The molecule has 3 aromatic rings. The van der Waals surface area contributed by atoms with Gasteiger partial charge in [-0.05, 0) is 48.9 Å². The normalized spacial score (nSPS) is 10.8. The molecule has 0 radical (unpaired) electrons. The molecule has 0 fully saturated rings. The standard InChI is InChI=1S/C22H22ClN3O4S/c1-3-29-21(27)11-18-14-31-22(25-18)26-24-12-15-7-8-20(28-2)16(9-15)13-30-19-6-4-5-17(23)10-19/h4-10,12,14H,3,11,13H2,1-2H3,(H,25,26). The number of nitrogens with one attached hydrogen (secondary N) is 1. The molecule has 0 unspecified atom stereocenters. The fourth-order valence-electron chi connectivity index (χ4n) is 2.67. The maximum atomic E-state index is 11.5. The van der Waals surface area contributed by atoms with E-state index >= 15 is 0 Å². The van der Waals surface area contributed by atoms with Gasteiger partial charge in [-0.15, -0.1) is 11.3 Å². The zero-order valence-electron chi connectivity index (χ0n) is 17.1. The van der Waals surface area contributed by atoms with E-state index in [4.69, 9.17) is 25.8 Å². The highest BCUT2D eigenvalue weighted by Crippen LogP contribution is 2.23. The predicted octanol–water partition coefficient (Wildman–Crippen LogP) is 4.94. The summed E-state index contributed by atoms with van der Waals surface area (Å²) in [6, 6.07) is 12.9. The summed E-state index contributed by atoms with van der Waals surface area (Å²) in [5.41, 5.74) is 5.26. The molecule has 0 bridgehead atoms. The molecule has 7 nitrogen and oxygen atoms in total. The molecule has 0 aliphatic rings. The largest absolute Gasteiger partial charge is 0.496 e. The molecule has 0 saturated carbocycles. The van der Waals surface area contributed by atoms with Gasteiger partial charge in [-0.3, -0.25) is 10.2 Å². The minimum absolute atomic E-state index is 0.143. The van der Waals surface area contributed by atoms with Gasteiger partial charge in [0, 0.05) is 16.0 Å². The lowest BCUT2D eigenvalue weighted by Gasteiger charge is -2.11. The Kier molecular flexibility index (Phi) is 8.26. The lowest BCUT2D eigenvalue weighted by Crippen LogP contribution is -2.07. The lowest BCUT2D eigenvalue weighted by atomic mass is 10.1. The molecule has 9 heteroatoms. The number of hydrogen-bond acceptors (Lipinski definition) is 8. The Morgan fingerprint density at radius 3 is 2.94 bits per heavy atom. The number of hydrogen-bond donors (Lipinski definition) is 1. The van der Waals surface area contributed by atoms with E-state index in [2.05, 4.69) is 15.5 Å². The summed E-state index contributed by atoms with van der Waals surface area (Å²) in [5, 5.41) is 7.23. The van der Waals surface area contributed by atoms with Gasteiger partial charge >= 0.3 is 5.97 Å². The van der Waals surface area contributed by atoms with Gasteiger partial charge in [0.25, 0.3) is 0 Å². The summed E-state index contributed by atoms with van der Waals surface area (Å²) in [7, 11) is 1.61. The summed E-state index contributed by atoms with van der Waals surface area (Å²) in [6.45, 7) is 2.45. The first-order valence-corrected chi connectivity index (χ1v) is 10.8. The number of anilines is 1. The number of methoxy groups -OCH3 is 1. The van der Waals surface area contributed by atoms with Crippen molar-refractivity contribution in [1.29, 1.82) is 0 Å². The summed E-state index contributed by atoms with van der Waals surface area (Å²) in [4.78, 5) is 15.9. The minimum atomic E-state index is -0.298. The molecule has 2 aromatic carbocycles. The van der Waals surface area contributed by atoms with E-state index in [-0.39, 0.29) is 12.4 Å². The van der Waals surface area contributed by atoms with Gasteiger partial charge in [0.1, 0.15) is 18.1 Å². The maximum Gasteiger partial charge on any atom is 0.311 e. The van der Waals surface area contributed by atoms with Crippen molar-refractivity contribution in [2.45, 2.75) is 20.0 Å². The molecule has 0 aliphatic heterocycles. The molecule has 3 rings (SSSR count). The molecule has 1 heterocycles. The molecular weight excluding hydrogens is 438 g/mol. The highest BCUT2D eigenvalue weighted by molar-refractivity contribution is 7.13. The molecule has 162 valence electrons. The van der Waals surface area contributed by atoms with Crippen LogP contribution in [0.4, 0.5) is 5.13 Å². The zero-order valence-corrected chi connectivity index (χ0v) is 18.7. The number of ether oxygens (including phenoxy) is 3. The Morgan fingerprint density at radius 2 is 2.16 bits per heavy atom. The summed E-state index contributed by atoms with van der Waals surface area (Å²) < 4.78 is 16.2. The zero-order chi connectivity index (χ0) is 22.1. The third kappa shape index (κ3) is 6.97. The highest BCUT2D eigenvalue weighted by atomic mass is 35.5. The van der Waals surface area contributed by atoms with Crippen molar-refractivity contribution in [3.63, 3.8) is 0 Å². The van der Waals surface area contributed by atoms with Crippen LogP contribution in [0.5, 0.6) is 11.5 Å². The van der Waals surface area contributed by atoms with Gasteiger partial charge in [-0.25, -0.2) is 4.98 Å². The number of halogens is 1. The molecule has 0 spiro atoms. The Labute approximate surface area is 189 Å². The van der Waals surface area contributed by atoms with Crippen LogP contribution in [0.3, 0.4) is 0 Å². The van der Waals surface area contributed by atoms with Gasteiger partial charge in [-0.1, -0.05) is 17.7 Å². The summed E-state index contributed by atoms with van der Waals surface area (Å²) >= 11 is 7.37. The van der Waals surface area contributed by atoms with Gasteiger partial charge in [0.15, 0.2) is 0 Å². The van der Waals surface area contributed by atoms with E-state index in [0.29, 0.717) is 34.8 Å². The smallest absolute Gasteiger partial charge is 0.311 e. The number of benzene rings is 2. The lowest BCUT2D eigenvalue weighted by molar-refractivity contribution is -0.142. The van der Waals surface area contributed by atoms with Crippen LogP contribution in [-0.4, -0.2) is 30.9 Å². The summed E-state index contributed by atoms with van der Waals surface area (Å²) in [5.74, 6) is 1.10. The maximum absolute atomic E-state index is 11.5. The third-order valence-electron chi connectivity index (χ3n) is 4.05. The van der Waals surface area contributed by atoms with E-state index in [1.807, 2.05) is 30.3 Å². The predicted molar refractivity (Wildman–Crippen MR) is 122 cm³/mol. The molecule has 31 heavy (non-hydrogen) atoms. The Balaban J connectivity index is 1.61. The van der Waals surface area contributed by atoms with Crippen molar-refractivity contribution in [2.75, 3.05) is 19.1 Å². The van der Waals surface area contributed by atoms with Crippen LogP contribution in [0.25, 0.3) is 0 Å². The number of esters is 1. The minimum Gasteiger partial charge on any atom is -0.496 e. The number of hydrazone groups is 1. The van der Waals surface area contributed by atoms with Crippen molar-refractivity contribution in [2.24, 2.45) is 5.10 Å². The van der Waals surface area contributed by atoms with Crippen LogP contribution in [0.1, 0.15) is 23.7 Å². The first-order valence-electron chi connectivity index (χ1n) is 9.51. The first kappa shape index (κ1) is 22.6. The Morgan fingerprint density at radius 1 is 1.29 bits per heavy atom. The number of thiazole rings is 1. The molecule has 1 N–H and O–H groups in total. The fraction of sp³-hybridized carbons (Fsp3) is 0.227. The van der Waals surface area contributed by atoms with Crippen LogP contribution in [-0.2, 0) is 22.6 Å².